The molecule has 170 valence electrons. The molecule has 3 aromatic carbocycles. The largest absolute Gasteiger partial charge is 0.423 e. The Morgan fingerprint density at radius 1 is 0.971 bits per heavy atom. The van der Waals surface area contributed by atoms with Gasteiger partial charge in [-0.2, -0.15) is 0 Å². The molecular formula is C28H23NO5. The molecular weight excluding hydrogens is 430 g/mol. The van der Waals surface area contributed by atoms with Crippen LogP contribution in [0.4, 0.5) is 0 Å². The number of ether oxygens (including phenoxy) is 1. The third-order valence-corrected chi connectivity index (χ3v) is 5.20. The molecule has 0 saturated carbocycles. The van der Waals surface area contributed by atoms with E-state index in [4.69, 9.17) is 9.15 Å². The molecule has 0 atom stereocenters. The van der Waals surface area contributed by atoms with Crippen molar-refractivity contribution in [2.75, 3.05) is 6.54 Å². The van der Waals surface area contributed by atoms with E-state index in [1.54, 1.807) is 18.2 Å². The first kappa shape index (κ1) is 22.7. The Bertz CT molecular complexity index is 1400. The molecule has 34 heavy (non-hydrogen) atoms. The van der Waals surface area contributed by atoms with Gasteiger partial charge in [-0.3, -0.25) is 4.79 Å². The van der Waals surface area contributed by atoms with Crippen LogP contribution < -0.4 is 15.7 Å². The Kier molecular flexibility index (Phi) is 6.98. The van der Waals surface area contributed by atoms with Crippen molar-refractivity contribution in [3.63, 3.8) is 0 Å². The number of rotatable bonds is 7. The molecule has 0 spiro atoms. The van der Waals surface area contributed by atoms with Crippen LogP contribution in [0.5, 0.6) is 5.75 Å². The van der Waals surface area contributed by atoms with Crippen molar-refractivity contribution in [1.82, 2.24) is 5.32 Å². The number of carbonyl (C=O) groups excluding carboxylic acids is 2. The van der Waals surface area contributed by atoms with Crippen LogP contribution >= 0.6 is 0 Å². The Morgan fingerprint density at radius 3 is 2.50 bits per heavy atom. The van der Waals surface area contributed by atoms with Crippen LogP contribution in [0.25, 0.3) is 17.0 Å². The highest BCUT2D eigenvalue weighted by molar-refractivity contribution is 5.97. The molecule has 1 heterocycles. The zero-order chi connectivity index (χ0) is 23.9. The van der Waals surface area contributed by atoms with Gasteiger partial charge >= 0.3 is 11.6 Å². The summed E-state index contributed by atoms with van der Waals surface area (Å²) >= 11 is 0. The van der Waals surface area contributed by atoms with Gasteiger partial charge in [0.1, 0.15) is 16.9 Å². The predicted molar refractivity (Wildman–Crippen MR) is 131 cm³/mol. The molecule has 4 aromatic rings. The molecule has 6 nitrogen and oxygen atoms in total. The maximum atomic E-state index is 12.5. The second kappa shape index (κ2) is 10.4. The Balaban J connectivity index is 1.41. The normalized spacial score (nSPS) is 11.0. The summed E-state index contributed by atoms with van der Waals surface area (Å²) in [6, 6.07) is 23.6. The van der Waals surface area contributed by atoms with E-state index in [9.17, 15) is 14.4 Å². The second-order valence-electron chi connectivity index (χ2n) is 7.80. The van der Waals surface area contributed by atoms with E-state index < -0.39 is 17.5 Å². The summed E-state index contributed by atoms with van der Waals surface area (Å²) in [6.45, 7) is 2.38. The zero-order valence-corrected chi connectivity index (χ0v) is 18.6. The van der Waals surface area contributed by atoms with Crippen LogP contribution in [0.2, 0.25) is 0 Å². The second-order valence-corrected chi connectivity index (χ2v) is 7.80. The standard InChI is InChI=1S/C28H23NO5/c1-19-7-9-21(10-8-19)11-14-26(30)33-23-13-12-22-17-24(28(32)34-25(22)18-23)27(31)29-16-15-20-5-3-2-4-6-20/h2-14,17-18H,15-16H2,1H3,(H,29,31)/b14-11+. The predicted octanol–water partition coefficient (Wildman–Crippen LogP) is 4.69. The van der Waals surface area contributed by atoms with Gasteiger partial charge in [0.2, 0.25) is 0 Å². The minimum absolute atomic E-state index is 0.0775. The SMILES string of the molecule is Cc1ccc(/C=C/C(=O)Oc2ccc3cc(C(=O)NCCc4ccccc4)c(=O)oc3c2)cc1. The molecule has 0 saturated heterocycles. The summed E-state index contributed by atoms with van der Waals surface area (Å²) in [4.78, 5) is 37.0. The smallest absolute Gasteiger partial charge is 0.349 e. The summed E-state index contributed by atoms with van der Waals surface area (Å²) in [6.07, 6.45) is 3.64. The summed E-state index contributed by atoms with van der Waals surface area (Å²) in [5.41, 5.74) is 2.48. The van der Waals surface area contributed by atoms with Gasteiger partial charge in [-0.05, 0) is 48.7 Å². The van der Waals surface area contributed by atoms with E-state index in [-0.39, 0.29) is 16.9 Å². The summed E-state index contributed by atoms with van der Waals surface area (Å²) < 4.78 is 10.6. The fraction of sp³-hybridized carbons (Fsp3) is 0.107. The topological polar surface area (TPSA) is 85.6 Å². The molecule has 1 amide bonds. The number of fused-ring (bicyclic) bond motifs is 1. The minimum atomic E-state index is -0.757. The number of hydrogen-bond donors (Lipinski definition) is 1. The highest BCUT2D eigenvalue weighted by atomic mass is 16.5. The van der Waals surface area contributed by atoms with Crippen molar-refractivity contribution < 1.29 is 18.7 Å². The summed E-state index contributed by atoms with van der Waals surface area (Å²) in [5, 5.41) is 3.29. The number of nitrogens with one attached hydrogen (secondary N) is 1. The van der Waals surface area contributed by atoms with E-state index in [0.717, 1.165) is 16.7 Å². The van der Waals surface area contributed by atoms with Crippen molar-refractivity contribution >= 4 is 28.9 Å². The van der Waals surface area contributed by atoms with Crippen molar-refractivity contribution in [3.05, 3.63) is 118 Å². The number of carbonyl (C=O) groups is 2. The Morgan fingerprint density at radius 2 is 1.74 bits per heavy atom. The number of benzene rings is 3. The zero-order valence-electron chi connectivity index (χ0n) is 18.6. The Labute approximate surface area is 196 Å². The maximum Gasteiger partial charge on any atom is 0.349 e. The fourth-order valence-corrected chi connectivity index (χ4v) is 3.37. The maximum absolute atomic E-state index is 12.5. The highest BCUT2D eigenvalue weighted by Crippen LogP contribution is 2.21. The van der Waals surface area contributed by atoms with Crippen LogP contribution in [-0.4, -0.2) is 18.4 Å². The third-order valence-electron chi connectivity index (χ3n) is 5.20. The molecule has 1 aromatic heterocycles. The van der Waals surface area contributed by atoms with Crippen LogP contribution in [0.1, 0.15) is 27.0 Å². The molecule has 0 bridgehead atoms. The van der Waals surface area contributed by atoms with E-state index >= 15 is 0 Å². The lowest BCUT2D eigenvalue weighted by Crippen LogP contribution is -2.29. The van der Waals surface area contributed by atoms with Crippen molar-refractivity contribution in [2.45, 2.75) is 13.3 Å². The van der Waals surface area contributed by atoms with E-state index in [1.165, 1.54) is 18.2 Å². The van der Waals surface area contributed by atoms with Gasteiger partial charge in [-0.25, -0.2) is 9.59 Å². The molecule has 0 aliphatic carbocycles. The van der Waals surface area contributed by atoms with Gasteiger partial charge in [0.25, 0.3) is 5.91 Å². The summed E-state index contributed by atoms with van der Waals surface area (Å²) in [7, 11) is 0. The fourth-order valence-electron chi connectivity index (χ4n) is 3.37. The van der Waals surface area contributed by atoms with E-state index in [1.807, 2.05) is 61.5 Å². The van der Waals surface area contributed by atoms with Crippen LogP contribution in [-0.2, 0) is 11.2 Å². The Hall–Kier alpha value is -4.45. The number of aryl methyl sites for hydroxylation is 1. The average molecular weight is 453 g/mol. The molecule has 4 rings (SSSR count). The third kappa shape index (κ3) is 5.86. The molecule has 0 fully saturated rings. The molecule has 0 unspecified atom stereocenters. The molecule has 0 aliphatic heterocycles. The van der Waals surface area contributed by atoms with Gasteiger partial charge in [-0.1, -0.05) is 60.2 Å². The van der Waals surface area contributed by atoms with Crippen LogP contribution in [0.3, 0.4) is 0 Å². The molecule has 0 radical (unpaired) electrons. The number of hydrogen-bond acceptors (Lipinski definition) is 5. The highest BCUT2D eigenvalue weighted by Gasteiger charge is 2.14. The van der Waals surface area contributed by atoms with E-state index in [0.29, 0.717) is 18.4 Å². The first-order valence-corrected chi connectivity index (χ1v) is 10.8. The quantitative estimate of drug-likeness (QED) is 0.190. The van der Waals surface area contributed by atoms with Crippen LogP contribution in [0.15, 0.2) is 94.2 Å². The van der Waals surface area contributed by atoms with Gasteiger partial charge in [0.15, 0.2) is 0 Å². The van der Waals surface area contributed by atoms with Crippen molar-refractivity contribution in [3.8, 4) is 5.75 Å². The van der Waals surface area contributed by atoms with Crippen molar-refractivity contribution in [2.24, 2.45) is 0 Å². The van der Waals surface area contributed by atoms with Gasteiger partial charge in [0, 0.05) is 24.1 Å². The molecule has 6 heteroatoms. The van der Waals surface area contributed by atoms with Gasteiger partial charge in [0.05, 0.1) is 0 Å². The minimum Gasteiger partial charge on any atom is -0.423 e. The first-order valence-electron chi connectivity index (χ1n) is 10.8. The summed E-state index contributed by atoms with van der Waals surface area (Å²) in [5.74, 6) is -0.825. The molecule has 1 N–H and O–H groups in total. The number of amides is 1. The number of esters is 1. The van der Waals surface area contributed by atoms with E-state index in [2.05, 4.69) is 5.32 Å². The lowest BCUT2D eigenvalue weighted by atomic mass is 10.1. The monoisotopic (exact) mass is 453 g/mol. The molecule has 0 aliphatic rings. The van der Waals surface area contributed by atoms with Gasteiger partial charge in [-0.15, -0.1) is 0 Å². The lowest BCUT2D eigenvalue weighted by Gasteiger charge is -2.06. The average Bonchev–Trinajstić information content (AvgIpc) is 2.84. The van der Waals surface area contributed by atoms with Crippen molar-refractivity contribution in [1.29, 1.82) is 0 Å². The first-order chi connectivity index (χ1) is 16.5. The van der Waals surface area contributed by atoms with Crippen LogP contribution in [0, 0.1) is 6.92 Å². The lowest BCUT2D eigenvalue weighted by molar-refractivity contribution is -0.128. The van der Waals surface area contributed by atoms with Gasteiger partial charge < -0.3 is 14.5 Å².